The summed E-state index contributed by atoms with van der Waals surface area (Å²) in [7, 11) is 0. The molecule has 0 radical (unpaired) electrons. The minimum atomic E-state index is -0.389. The monoisotopic (exact) mass is 434 g/mol. The maximum Gasteiger partial charge on any atom is 0.415 e. The highest BCUT2D eigenvalue weighted by atomic mass is 16.6. The molecule has 8 nitrogen and oxygen atoms in total. The first-order chi connectivity index (χ1) is 15.6. The summed E-state index contributed by atoms with van der Waals surface area (Å²) < 4.78 is 11.1. The number of hydrogen-bond acceptors (Lipinski definition) is 6. The second-order valence-electron chi connectivity index (χ2n) is 7.77. The van der Waals surface area contributed by atoms with E-state index in [0.29, 0.717) is 56.6 Å². The Morgan fingerprint density at radius 1 is 0.938 bits per heavy atom. The molecule has 166 valence electrons. The quantitative estimate of drug-likeness (QED) is 0.608. The van der Waals surface area contributed by atoms with E-state index < -0.39 is 0 Å². The van der Waals surface area contributed by atoms with Gasteiger partial charge in [-0.25, -0.2) is 4.79 Å². The molecule has 2 amide bonds. The topological polar surface area (TPSA) is 88.8 Å². The van der Waals surface area contributed by atoms with Gasteiger partial charge in [-0.1, -0.05) is 35.9 Å². The van der Waals surface area contributed by atoms with E-state index in [-0.39, 0.29) is 18.4 Å². The van der Waals surface area contributed by atoms with Gasteiger partial charge in [0.2, 0.25) is 17.7 Å². The number of rotatable bonds is 5. The van der Waals surface area contributed by atoms with Crippen molar-refractivity contribution in [2.24, 2.45) is 0 Å². The van der Waals surface area contributed by atoms with Crippen molar-refractivity contribution in [2.75, 3.05) is 26.2 Å². The van der Waals surface area contributed by atoms with E-state index in [1.807, 2.05) is 49.4 Å². The summed E-state index contributed by atoms with van der Waals surface area (Å²) in [5.74, 6) is 1.42. The van der Waals surface area contributed by atoms with Gasteiger partial charge in [0.15, 0.2) is 0 Å². The number of nitrogens with zero attached hydrogens (tertiary/aromatic N) is 4. The molecule has 0 saturated carbocycles. The largest absolute Gasteiger partial charge is 0.421 e. The van der Waals surface area contributed by atoms with Crippen molar-refractivity contribution in [3.8, 4) is 17.2 Å². The lowest BCUT2D eigenvalue weighted by Gasteiger charge is -2.21. The second kappa shape index (κ2) is 10.1. The van der Waals surface area contributed by atoms with Crippen LogP contribution >= 0.6 is 0 Å². The molecule has 32 heavy (non-hydrogen) atoms. The minimum Gasteiger partial charge on any atom is -0.421 e. The Kier molecular flexibility index (Phi) is 6.79. The van der Waals surface area contributed by atoms with Crippen molar-refractivity contribution >= 4 is 12.0 Å². The molecule has 1 aromatic heterocycles. The summed E-state index contributed by atoms with van der Waals surface area (Å²) in [6.45, 7) is 4.09. The fourth-order valence-corrected chi connectivity index (χ4v) is 3.54. The number of hydrogen-bond donors (Lipinski definition) is 0. The maximum atomic E-state index is 12.7. The lowest BCUT2D eigenvalue weighted by atomic mass is 10.1. The van der Waals surface area contributed by atoms with Crippen LogP contribution in [0.5, 0.6) is 5.75 Å². The molecule has 1 fully saturated rings. The minimum absolute atomic E-state index is 0.0124. The number of aromatic nitrogens is 2. The average Bonchev–Trinajstić information content (AvgIpc) is 3.14. The van der Waals surface area contributed by atoms with Gasteiger partial charge in [0, 0.05) is 44.6 Å². The third-order valence-corrected chi connectivity index (χ3v) is 5.37. The molecule has 0 atom stereocenters. The van der Waals surface area contributed by atoms with E-state index >= 15 is 0 Å². The number of benzene rings is 2. The van der Waals surface area contributed by atoms with Gasteiger partial charge in [-0.05, 0) is 37.6 Å². The Morgan fingerprint density at radius 3 is 2.44 bits per heavy atom. The Bertz CT molecular complexity index is 1050. The smallest absolute Gasteiger partial charge is 0.415 e. The molecular formula is C24H26N4O4. The third kappa shape index (κ3) is 5.51. The maximum absolute atomic E-state index is 12.7. The van der Waals surface area contributed by atoms with Crippen LogP contribution in [0, 0.1) is 6.92 Å². The summed E-state index contributed by atoms with van der Waals surface area (Å²) in [6.07, 6.45) is 0.978. The summed E-state index contributed by atoms with van der Waals surface area (Å²) in [4.78, 5) is 28.6. The molecule has 0 unspecified atom stereocenters. The van der Waals surface area contributed by atoms with Gasteiger partial charge < -0.3 is 19.0 Å². The Balaban J connectivity index is 1.26. The summed E-state index contributed by atoms with van der Waals surface area (Å²) in [5.41, 5.74) is 2.01. The highest BCUT2D eigenvalue weighted by Crippen LogP contribution is 2.19. The number of carbonyl (C=O) groups is 2. The number of para-hydroxylation sites is 1. The van der Waals surface area contributed by atoms with Crippen LogP contribution in [0.2, 0.25) is 0 Å². The van der Waals surface area contributed by atoms with Crippen molar-refractivity contribution in [3.05, 3.63) is 66.1 Å². The van der Waals surface area contributed by atoms with Crippen LogP contribution in [0.3, 0.4) is 0 Å². The standard InChI is InChI=1S/C24H26N4O4/c1-18-8-10-19(11-9-18)23-26-25-21(32-23)12-13-22(29)27-14-5-15-28(17-16-27)24(30)31-20-6-3-2-4-7-20/h2-4,6-11H,5,12-17H2,1H3. The fourth-order valence-electron chi connectivity index (χ4n) is 3.54. The average molecular weight is 434 g/mol. The van der Waals surface area contributed by atoms with Crippen LogP contribution in [-0.2, 0) is 11.2 Å². The predicted octanol–water partition coefficient (Wildman–Crippen LogP) is 3.71. The van der Waals surface area contributed by atoms with Gasteiger partial charge in [-0.3, -0.25) is 4.79 Å². The Morgan fingerprint density at radius 2 is 1.66 bits per heavy atom. The van der Waals surface area contributed by atoms with Gasteiger partial charge in [0.05, 0.1) is 0 Å². The Labute approximate surface area is 186 Å². The molecule has 2 heterocycles. The lowest BCUT2D eigenvalue weighted by molar-refractivity contribution is -0.131. The van der Waals surface area contributed by atoms with Crippen LogP contribution < -0.4 is 4.74 Å². The zero-order valence-corrected chi connectivity index (χ0v) is 18.1. The van der Waals surface area contributed by atoms with Crippen LogP contribution in [0.25, 0.3) is 11.5 Å². The molecule has 0 spiro atoms. The van der Waals surface area contributed by atoms with Crippen molar-refractivity contribution < 1.29 is 18.7 Å². The molecule has 1 aliphatic rings. The molecule has 1 saturated heterocycles. The molecule has 1 aliphatic heterocycles. The first-order valence-electron chi connectivity index (χ1n) is 10.8. The lowest BCUT2D eigenvalue weighted by Crippen LogP contribution is -2.38. The van der Waals surface area contributed by atoms with Crippen molar-refractivity contribution in [2.45, 2.75) is 26.2 Å². The fraction of sp³-hybridized carbons (Fsp3) is 0.333. The zero-order valence-electron chi connectivity index (χ0n) is 18.1. The van der Waals surface area contributed by atoms with Crippen LogP contribution in [0.1, 0.15) is 24.3 Å². The van der Waals surface area contributed by atoms with Gasteiger partial charge >= 0.3 is 6.09 Å². The zero-order chi connectivity index (χ0) is 22.3. The molecule has 0 N–H and O–H groups in total. The van der Waals surface area contributed by atoms with E-state index in [1.165, 1.54) is 0 Å². The molecule has 4 rings (SSSR count). The van der Waals surface area contributed by atoms with E-state index in [9.17, 15) is 9.59 Å². The number of ether oxygens (including phenoxy) is 1. The number of aryl methyl sites for hydroxylation is 2. The Hall–Kier alpha value is -3.68. The van der Waals surface area contributed by atoms with Gasteiger partial charge in [-0.2, -0.15) is 0 Å². The van der Waals surface area contributed by atoms with E-state index in [2.05, 4.69) is 10.2 Å². The summed E-state index contributed by atoms with van der Waals surface area (Å²) >= 11 is 0. The first-order valence-corrected chi connectivity index (χ1v) is 10.8. The number of carbonyl (C=O) groups excluding carboxylic acids is 2. The van der Waals surface area contributed by atoms with Crippen LogP contribution in [0.15, 0.2) is 59.0 Å². The van der Waals surface area contributed by atoms with Gasteiger partial charge in [-0.15, -0.1) is 10.2 Å². The molecule has 0 bridgehead atoms. The SMILES string of the molecule is Cc1ccc(-c2nnc(CCC(=O)N3CCCN(C(=O)Oc4ccccc4)CC3)o2)cc1. The van der Waals surface area contributed by atoms with Crippen molar-refractivity contribution in [3.63, 3.8) is 0 Å². The molecular weight excluding hydrogens is 408 g/mol. The second-order valence-corrected chi connectivity index (χ2v) is 7.77. The van der Waals surface area contributed by atoms with E-state index in [1.54, 1.807) is 21.9 Å². The normalized spacial score (nSPS) is 14.2. The highest BCUT2D eigenvalue weighted by Gasteiger charge is 2.23. The molecule has 0 aliphatic carbocycles. The van der Waals surface area contributed by atoms with Gasteiger partial charge in [0.1, 0.15) is 5.75 Å². The molecule has 2 aromatic carbocycles. The van der Waals surface area contributed by atoms with Gasteiger partial charge in [0.25, 0.3) is 0 Å². The predicted molar refractivity (Wildman–Crippen MR) is 118 cm³/mol. The van der Waals surface area contributed by atoms with E-state index in [0.717, 1.165) is 11.1 Å². The van der Waals surface area contributed by atoms with Crippen LogP contribution in [-0.4, -0.2) is 58.2 Å². The summed E-state index contributed by atoms with van der Waals surface area (Å²) in [6, 6.07) is 16.8. The van der Waals surface area contributed by atoms with Crippen molar-refractivity contribution in [1.82, 2.24) is 20.0 Å². The van der Waals surface area contributed by atoms with E-state index in [4.69, 9.17) is 9.15 Å². The number of amides is 2. The van der Waals surface area contributed by atoms with Crippen LogP contribution in [0.4, 0.5) is 4.79 Å². The molecule has 8 heteroatoms. The van der Waals surface area contributed by atoms with Crippen molar-refractivity contribution in [1.29, 1.82) is 0 Å². The molecule has 3 aromatic rings. The first kappa shape index (κ1) is 21.5. The summed E-state index contributed by atoms with van der Waals surface area (Å²) in [5, 5.41) is 8.15. The third-order valence-electron chi connectivity index (χ3n) is 5.37. The highest BCUT2D eigenvalue weighted by molar-refractivity contribution is 5.76.